The second-order valence-corrected chi connectivity index (χ2v) is 4.53. The van der Waals surface area contributed by atoms with Crippen LogP contribution in [0, 0.1) is 0 Å². The Morgan fingerprint density at radius 2 is 2.00 bits per heavy atom. The number of amides is 1. The highest BCUT2D eigenvalue weighted by atomic mass is 19.4. The Hall–Kier alpha value is -1.04. The minimum atomic E-state index is -4.34. The molecule has 0 unspecified atom stereocenters. The number of carbonyl (C=O) groups excluding carboxylic acids is 1. The number of nitrogens with one attached hydrogen (secondary N) is 1. The van der Waals surface area contributed by atoms with Crippen LogP contribution in [0.5, 0.6) is 0 Å². The zero-order chi connectivity index (χ0) is 13.8. The van der Waals surface area contributed by atoms with E-state index in [1.165, 1.54) is 0 Å². The molecule has 18 heavy (non-hydrogen) atoms. The lowest BCUT2D eigenvalue weighted by molar-refractivity contribution is -0.159. The van der Waals surface area contributed by atoms with Crippen LogP contribution in [-0.2, 0) is 4.79 Å². The minimum Gasteiger partial charge on any atom is -0.330 e. The highest BCUT2D eigenvalue weighted by Gasteiger charge is 2.33. The second kappa shape index (κ2) is 6.22. The van der Waals surface area contributed by atoms with Crippen molar-refractivity contribution >= 4 is 5.91 Å². The normalized spacial score (nSPS) is 15.3. The SMILES string of the molecule is CCCCN(CC(F)(F)F)C(=O)C(C)=C1CNC1. The fourth-order valence-electron chi connectivity index (χ4n) is 1.72. The van der Waals surface area contributed by atoms with E-state index in [0.717, 1.165) is 16.9 Å². The summed E-state index contributed by atoms with van der Waals surface area (Å²) >= 11 is 0. The summed E-state index contributed by atoms with van der Waals surface area (Å²) in [6, 6.07) is 0. The third kappa shape index (κ3) is 4.33. The first-order valence-electron chi connectivity index (χ1n) is 6.10. The predicted octanol–water partition coefficient (Wildman–Crippen LogP) is 2.10. The van der Waals surface area contributed by atoms with Gasteiger partial charge in [-0.05, 0) is 18.9 Å². The summed E-state index contributed by atoms with van der Waals surface area (Å²) in [5, 5.41) is 2.98. The van der Waals surface area contributed by atoms with Crippen molar-refractivity contribution in [2.75, 3.05) is 26.2 Å². The Bertz CT molecular complexity index is 331. The van der Waals surface area contributed by atoms with E-state index in [1.54, 1.807) is 6.92 Å². The highest BCUT2D eigenvalue weighted by Crippen LogP contribution is 2.20. The van der Waals surface area contributed by atoms with Gasteiger partial charge < -0.3 is 10.2 Å². The molecular formula is C12H19F3N2O. The first-order chi connectivity index (χ1) is 8.35. The molecule has 1 N–H and O–H groups in total. The maximum absolute atomic E-state index is 12.4. The number of nitrogens with zero attached hydrogens (tertiary/aromatic N) is 1. The van der Waals surface area contributed by atoms with E-state index >= 15 is 0 Å². The topological polar surface area (TPSA) is 32.3 Å². The van der Waals surface area contributed by atoms with Crippen molar-refractivity contribution in [3.05, 3.63) is 11.1 Å². The molecule has 104 valence electrons. The molecule has 3 nitrogen and oxygen atoms in total. The summed E-state index contributed by atoms with van der Waals surface area (Å²) in [6.45, 7) is 3.69. The van der Waals surface area contributed by atoms with Crippen LogP contribution in [0.25, 0.3) is 0 Å². The minimum absolute atomic E-state index is 0.160. The smallest absolute Gasteiger partial charge is 0.330 e. The number of hydrogen-bond acceptors (Lipinski definition) is 2. The molecule has 1 amide bonds. The average Bonchev–Trinajstić information content (AvgIpc) is 2.19. The van der Waals surface area contributed by atoms with Crippen molar-refractivity contribution in [3.8, 4) is 0 Å². The molecule has 0 aliphatic carbocycles. The van der Waals surface area contributed by atoms with Crippen LogP contribution in [-0.4, -0.2) is 43.2 Å². The molecule has 0 aromatic rings. The molecule has 1 fully saturated rings. The van der Waals surface area contributed by atoms with Gasteiger partial charge in [0.2, 0.25) is 5.91 Å². The molecule has 0 spiro atoms. The highest BCUT2D eigenvalue weighted by molar-refractivity contribution is 5.94. The van der Waals surface area contributed by atoms with Crippen molar-refractivity contribution in [2.45, 2.75) is 32.9 Å². The van der Waals surface area contributed by atoms with Gasteiger partial charge in [0.25, 0.3) is 0 Å². The fourth-order valence-corrected chi connectivity index (χ4v) is 1.72. The van der Waals surface area contributed by atoms with Gasteiger partial charge in [-0.25, -0.2) is 0 Å². The third-order valence-electron chi connectivity index (χ3n) is 2.97. The summed E-state index contributed by atoms with van der Waals surface area (Å²) in [5.74, 6) is -0.489. The van der Waals surface area contributed by atoms with Gasteiger partial charge in [0.15, 0.2) is 0 Å². The summed E-state index contributed by atoms with van der Waals surface area (Å²) in [4.78, 5) is 12.9. The third-order valence-corrected chi connectivity index (χ3v) is 2.97. The maximum Gasteiger partial charge on any atom is 0.406 e. The van der Waals surface area contributed by atoms with E-state index in [0.29, 0.717) is 25.1 Å². The van der Waals surface area contributed by atoms with E-state index < -0.39 is 18.6 Å². The number of rotatable bonds is 5. The summed E-state index contributed by atoms with van der Waals surface area (Å²) < 4.78 is 37.3. The van der Waals surface area contributed by atoms with Crippen LogP contribution >= 0.6 is 0 Å². The molecule has 0 radical (unpaired) electrons. The quantitative estimate of drug-likeness (QED) is 0.771. The zero-order valence-corrected chi connectivity index (χ0v) is 10.7. The van der Waals surface area contributed by atoms with Crippen LogP contribution < -0.4 is 5.32 Å². The Morgan fingerprint density at radius 1 is 1.39 bits per heavy atom. The molecule has 0 aromatic carbocycles. The molecule has 0 aromatic heterocycles. The Morgan fingerprint density at radius 3 is 2.39 bits per heavy atom. The summed E-state index contributed by atoms with van der Waals surface area (Å²) in [5.41, 5.74) is 1.36. The Kier molecular flexibility index (Phi) is 5.19. The van der Waals surface area contributed by atoms with Crippen LogP contribution in [0.1, 0.15) is 26.7 Å². The number of unbranched alkanes of at least 4 members (excludes halogenated alkanes) is 1. The van der Waals surface area contributed by atoms with Crippen LogP contribution in [0.2, 0.25) is 0 Å². The van der Waals surface area contributed by atoms with Crippen LogP contribution in [0.15, 0.2) is 11.1 Å². The van der Waals surface area contributed by atoms with Gasteiger partial charge in [-0.15, -0.1) is 0 Å². The first kappa shape index (κ1) is 15.0. The molecule has 1 aliphatic rings. The van der Waals surface area contributed by atoms with Gasteiger partial charge in [0, 0.05) is 25.2 Å². The molecule has 6 heteroatoms. The Balaban J connectivity index is 2.72. The van der Waals surface area contributed by atoms with Gasteiger partial charge in [0.05, 0.1) is 0 Å². The summed E-state index contributed by atoms with van der Waals surface area (Å²) in [6.07, 6.45) is -2.99. The summed E-state index contributed by atoms with van der Waals surface area (Å²) in [7, 11) is 0. The molecular weight excluding hydrogens is 245 g/mol. The first-order valence-corrected chi connectivity index (χ1v) is 6.10. The van der Waals surface area contributed by atoms with Gasteiger partial charge in [0.1, 0.15) is 6.54 Å². The lowest BCUT2D eigenvalue weighted by Gasteiger charge is -2.27. The average molecular weight is 264 g/mol. The molecule has 1 aliphatic heterocycles. The van der Waals surface area contributed by atoms with Gasteiger partial charge in [-0.2, -0.15) is 13.2 Å². The van der Waals surface area contributed by atoms with Crippen LogP contribution in [0.4, 0.5) is 13.2 Å². The van der Waals surface area contributed by atoms with Crippen molar-refractivity contribution in [3.63, 3.8) is 0 Å². The van der Waals surface area contributed by atoms with E-state index in [9.17, 15) is 18.0 Å². The van der Waals surface area contributed by atoms with Gasteiger partial charge in [-0.3, -0.25) is 4.79 Å². The number of hydrogen-bond donors (Lipinski definition) is 1. The largest absolute Gasteiger partial charge is 0.406 e. The second-order valence-electron chi connectivity index (χ2n) is 4.53. The van der Waals surface area contributed by atoms with E-state index in [-0.39, 0.29) is 6.54 Å². The fraction of sp³-hybridized carbons (Fsp3) is 0.750. The zero-order valence-electron chi connectivity index (χ0n) is 10.7. The Labute approximate surface area is 105 Å². The number of alkyl halides is 3. The standard InChI is InChI=1S/C12H19F3N2O/c1-3-4-5-17(8-12(13,14)15)11(18)9(2)10-6-16-7-10/h16H,3-8H2,1-2H3. The van der Waals surface area contributed by atoms with Crippen LogP contribution in [0.3, 0.4) is 0 Å². The maximum atomic E-state index is 12.4. The predicted molar refractivity (Wildman–Crippen MR) is 63.1 cm³/mol. The lowest BCUT2D eigenvalue weighted by atomic mass is 10.0. The molecule has 0 bridgehead atoms. The van der Waals surface area contributed by atoms with Crippen molar-refractivity contribution in [1.29, 1.82) is 0 Å². The van der Waals surface area contributed by atoms with E-state index in [4.69, 9.17) is 0 Å². The van der Waals surface area contributed by atoms with E-state index in [1.807, 2.05) is 6.92 Å². The molecule has 0 saturated carbocycles. The van der Waals surface area contributed by atoms with Gasteiger partial charge in [-0.1, -0.05) is 13.3 Å². The monoisotopic (exact) mass is 264 g/mol. The van der Waals surface area contributed by atoms with Crippen molar-refractivity contribution < 1.29 is 18.0 Å². The molecule has 1 rings (SSSR count). The molecule has 0 atom stereocenters. The lowest BCUT2D eigenvalue weighted by Crippen LogP contribution is -2.42. The van der Waals surface area contributed by atoms with Crippen molar-refractivity contribution in [1.82, 2.24) is 10.2 Å². The van der Waals surface area contributed by atoms with Gasteiger partial charge >= 0.3 is 6.18 Å². The van der Waals surface area contributed by atoms with E-state index in [2.05, 4.69) is 5.32 Å². The number of halogens is 3. The molecule has 1 saturated heterocycles. The molecule has 1 heterocycles. The van der Waals surface area contributed by atoms with Crippen molar-refractivity contribution in [2.24, 2.45) is 0 Å². The number of carbonyl (C=O) groups is 1.